The van der Waals surface area contributed by atoms with Crippen molar-refractivity contribution in [1.82, 2.24) is 15.2 Å². The molecule has 2 heterocycles. The number of aryl methyl sites for hydroxylation is 1. The van der Waals surface area contributed by atoms with Crippen LogP contribution in [0.5, 0.6) is 0 Å². The van der Waals surface area contributed by atoms with Crippen molar-refractivity contribution in [1.29, 1.82) is 0 Å². The molecule has 1 N–H and O–H groups in total. The number of nitrogens with one attached hydrogen (secondary N) is 1. The Balaban J connectivity index is 1.55. The van der Waals surface area contributed by atoms with E-state index in [1.165, 1.54) is 44.5 Å². The molecule has 0 spiro atoms. The van der Waals surface area contributed by atoms with Gasteiger partial charge in [0.05, 0.1) is 5.69 Å². The SMILES string of the molecule is Cc1cccc(CN2CCCC(NC3CC3)C2)n1. The molecule has 98 valence electrons. The minimum absolute atomic E-state index is 0.705. The van der Waals surface area contributed by atoms with Gasteiger partial charge in [0.15, 0.2) is 0 Å². The summed E-state index contributed by atoms with van der Waals surface area (Å²) in [5.41, 5.74) is 2.33. The quantitative estimate of drug-likeness (QED) is 0.880. The number of hydrogen-bond acceptors (Lipinski definition) is 3. The van der Waals surface area contributed by atoms with E-state index in [0.717, 1.165) is 18.3 Å². The molecular formula is C15H23N3. The van der Waals surface area contributed by atoms with Gasteiger partial charge in [0, 0.05) is 30.9 Å². The smallest absolute Gasteiger partial charge is 0.0547 e. The molecule has 2 fully saturated rings. The molecule has 0 amide bonds. The molecule has 1 unspecified atom stereocenters. The van der Waals surface area contributed by atoms with E-state index >= 15 is 0 Å². The molecule has 0 radical (unpaired) electrons. The second-order valence-electron chi connectivity index (χ2n) is 5.79. The summed E-state index contributed by atoms with van der Waals surface area (Å²) in [5.74, 6) is 0. The van der Waals surface area contributed by atoms with Crippen LogP contribution in [-0.4, -0.2) is 35.1 Å². The Bertz CT molecular complexity index is 400. The van der Waals surface area contributed by atoms with Gasteiger partial charge in [0.2, 0.25) is 0 Å². The van der Waals surface area contributed by atoms with Gasteiger partial charge in [-0.2, -0.15) is 0 Å². The summed E-state index contributed by atoms with van der Waals surface area (Å²) in [7, 11) is 0. The first kappa shape index (κ1) is 12.1. The summed E-state index contributed by atoms with van der Waals surface area (Å²) in [4.78, 5) is 7.15. The van der Waals surface area contributed by atoms with Crippen LogP contribution in [0.1, 0.15) is 37.1 Å². The molecule has 3 heteroatoms. The first-order chi connectivity index (χ1) is 8.79. The van der Waals surface area contributed by atoms with Crippen molar-refractivity contribution in [3.05, 3.63) is 29.6 Å². The maximum Gasteiger partial charge on any atom is 0.0547 e. The average Bonchev–Trinajstić information content (AvgIpc) is 3.13. The molecule has 18 heavy (non-hydrogen) atoms. The van der Waals surface area contributed by atoms with Crippen LogP contribution < -0.4 is 5.32 Å². The van der Waals surface area contributed by atoms with E-state index in [1.807, 2.05) is 0 Å². The van der Waals surface area contributed by atoms with E-state index < -0.39 is 0 Å². The highest BCUT2D eigenvalue weighted by Gasteiger charge is 2.27. The molecule has 1 aromatic heterocycles. The lowest BCUT2D eigenvalue weighted by atomic mass is 10.1. The summed E-state index contributed by atoms with van der Waals surface area (Å²) < 4.78 is 0. The van der Waals surface area contributed by atoms with Crippen LogP contribution in [0.3, 0.4) is 0 Å². The van der Waals surface area contributed by atoms with Gasteiger partial charge in [-0.05, 0) is 51.3 Å². The van der Waals surface area contributed by atoms with Crippen molar-refractivity contribution in [2.75, 3.05) is 13.1 Å². The number of pyridine rings is 1. The minimum Gasteiger partial charge on any atom is -0.310 e. The van der Waals surface area contributed by atoms with Crippen molar-refractivity contribution in [2.24, 2.45) is 0 Å². The maximum atomic E-state index is 4.60. The first-order valence-electron chi connectivity index (χ1n) is 7.20. The van der Waals surface area contributed by atoms with E-state index in [2.05, 4.69) is 40.3 Å². The third-order valence-electron chi connectivity index (χ3n) is 3.89. The molecule has 0 bridgehead atoms. The molecule has 3 rings (SSSR count). The lowest BCUT2D eigenvalue weighted by Crippen LogP contribution is -2.46. The Hall–Kier alpha value is -0.930. The molecule has 2 aliphatic rings. The van der Waals surface area contributed by atoms with Crippen LogP contribution in [-0.2, 0) is 6.54 Å². The summed E-state index contributed by atoms with van der Waals surface area (Å²) >= 11 is 0. The van der Waals surface area contributed by atoms with Gasteiger partial charge in [-0.1, -0.05) is 6.07 Å². The molecule has 1 aromatic rings. The Morgan fingerprint density at radius 3 is 2.94 bits per heavy atom. The highest BCUT2D eigenvalue weighted by Crippen LogP contribution is 2.22. The third-order valence-corrected chi connectivity index (χ3v) is 3.89. The molecular weight excluding hydrogens is 222 g/mol. The summed E-state index contributed by atoms with van der Waals surface area (Å²) in [6.45, 7) is 5.48. The summed E-state index contributed by atoms with van der Waals surface area (Å²) in [5, 5.41) is 3.76. The largest absolute Gasteiger partial charge is 0.310 e. The van der Waals surface area contributed by atoms with Crippen molar-refractivity contribution >= 4 is 0 Å². The van der Waals surface area contributed by atoms with Gasteiger partial charge >= 0.3 is 0 Å². The summed E-state index contributed by atoms with van der Waals surface area (Å²) in [6.07, 6.45) is 5.43. The zero-order valence-electron chi connectivity index (χ0n) is 11.2. The second kappa shape index (κ2) is 5.37. The number of aromatic nitrogens is 1. The number of rotatable bonds is 4. The molecule has 1 aliphatic carbocycles. The molecule has 1 saturated carbocycles. The maximum absolute atomic E-state index is 4.60. The lowest BCUT2D eigenvalue weighted by molar-refractivity contribution is 0.181. The molecule has 3 nitrogen and oxygen atoms in total. The van der Waals surface area contributed by atoms with Gasteiger partial charge in [-0.15, -0.1) is 0 Å². The zero-order valence-corrected chi connectivity index (χ0v) is 11.2. The van der Waals surface area contributed by atoms with Crippen LogP contribution >= 0.6 is 0 Å². The zero-order chi connectivity index (χ0) is 12.4. The fourth-order valence-electron chi connectivity index (χ4n) is 2.84. The van der Waals surface area contributed by atoms with Gasteiger partial charge < -0.3 is 5.32 Å². The highest BCUT2D eigenvalue weighted by atomic mass is 15.2. The third kappa shape index (κ3) is 3.30. The first-order valence-corrected chi connectivity index (χ1v) is 7.20. The Morgan fingerprint density at radius 1 is 1.28 bits per heavy atom. The van der Waals surface area contributed by atoms with Crippen molar-refractivity contribution in [2.45, 2.75) is 51.2 Å². The van der Waals surface area contributed by atoms with Crippen molar-refractivity contribution in [3.8, 4) is 0 Å². The van der Waals surface area contributed by atoms with E-state index in [-0.39, 0.29) is 0 Å². The van der Waals surface area contributed by atoms with Gasteiger partial charge in [-0.25, -0.2) is 0 Å². The number of nitrogens with zero attached hydrogens (tertiary/aromatic N) is 2. The van der Waals surface area contributed by atoms with Gasteiger partial charge in [0.25, 0.3) is 0 Å². The highest BCUT2D eigenvalue weighted by molar-refractivity contribution is 5.10. The lowest BCUT2D eigenvalue weighted by Gasteiger charge is -2.33. The minimum atomic E-state index is 0.705. The predicted octanol–water partition coefficient (Wildman–Crippen LogP) is 2.11. The van der Waals surface area contributed by atoms with Crippen LogP contribution in [0.25, 0.3) is 0 Å². The number of likely N-dealkylation sites (tertiary alicyclic amines) is 1. The van der Waals surface area contributed by atoms with E-state index in [1.54, 1.807) is 0 Å². The van der Waals surface area contributed by atoms with Crippen LogP contribution in [0.4, 0.5) is 0 Å². The van der Waals surface area contributed by atoms with Crippen LogP contribution in [0.2, 0.25) is 0 Å². The number of piperidine rings is 1. The Morgan fingerprint density at radius 2 is 2.17 bits per heavy atom. The molecule has 1 atom stereocenters. The molecule has 1 saturated heterocycles. The summed E-state index contributed by atoms with van der Waals surface area (Å²) in [6, 6.07) is 7.85. The van der Waals surface area contributed by atoms with E-state index in [4.69, 9.17) is 0 Å². The second-order valence-corrected chi connectivity index (χ2v) is 5.79. The fourth-order valence-corrected chi connectivity index (χ4v) is 2.84. The van der Waals surface area contributed by atoms with Crippen LogP contribution in [0, 0.1) is 6.92 Å². The number of hydrogen-bond donors (Lipinski definition) is 1. The van der Waals surface area contributed by atoms with E-state index in [0.29, 0.717) is 6.04 Å². The van der Waals surface area contributed by atoms with Gasteiger partial charge in [-0.3, -0.25) is 9.88 Å². The molecule has 1 aliphatic heterocycles. The standard InChI is InChI=1S/C15H23N3/c1-12-4-2-5-14(16-12)10-18-9-3-6-15(11-18)17-13-7-8-13/h2,4-5,13,15,17H,3,6-11H2,1H3. The Kier molecular flexibility index (Phi) is 3.62. The van der Waals surface area contributed by atoms with Crippen LogP contribution in [0.15, 0.2) is 18.2 Å². The van der Waals surface area contributed by atoms with E-state index in [9.17, 15) is 0 Å². The monoisotopic (exact) mass is 245 g/mol. The molecule has 0 aromatic carbocycles. The topological polar surface area (TPSA) is 28.2 Å². The van der Waals surface area contributed by atoms with Gasteiger partial charge in [0.1, 0.15) is 0 Å². The normalized spacial score (nSPS) is 25.3. The predicted molar refractivity (Wildman–Crippen MR) is 73.4 cm³/mol. The fraction of sp³-hybridized carbons (Fsp3) is 0.667. The average molecular weight is 245 g/mol. The van der Waals surface area contributed by atoms with Crippen molar-refractivity contribution in [3.63, 3.8) is 0 Å². The van der Waals surface area contributed by atoms with Crippen molar-refractivity contribution < 1.29 is 0 Å². The Labute approximate surface area is 110 Å².